The van der Waals surface area contributed by atoms with Gasteiger partial charge in [0.05, 0.1) is 0 Å². The molecule has 0 fully saturated rings. The second kappa shape index (κ2) is 4.37. The second-order valence-corrected chi connectivity index (χ2v) is 4.57. The Kier molecular flexibility index (Phi) is 3.62. The van der Waals surface area contributed by atoms with Crippen LogP contribution in [0.5, 0.6) is 11.5 Å². The van der Waals surface area contributed by atoms with E-state index in [0.29, 0.717) is 0 Å². The van der Waals surface area contributed by atoms with E-state index < -0.39 is 0 Å². The number of hydrogen-bond donors (Lipinski definition) is 0. The van der Waals surface area contributed by atoms with Crippen molar-refractivity contribution in [3.63, 3.8) is 0 Å². The summed E-state index contributed by atoms with van der Waals surface area (Å²) >= 11 is 1.67. The van der Waals surface area contributed by atoms with E-state index in [1.807, 2.05) is 18.2 Å². The molecule has 0 aliphatic rings. The first-order valence-corrected chi connectivity index (χ1v) is 5.14. The van der Waals surface area contributed by atoms with Crippen molar-refractivity contribution in [1.82, 2.24) is 0 Å². The van der Waals surface area contributed by atoms with Crippen LogP contribution in [0.2, 0.25) is 0 Å². The van der Waals surface area contributed by atoms with Crippen LogP contribution in [0.25, 0.3) is 0 Å². The molecule has 0 unspecified atom stereocenters. The molecule has 75 valence electrons. The molecule has 14 heavy (non-hydrogen) atoms. The molecule has 1 aromatic carbocycles. The molecule has 0 heterocycles. The normalized spacial score (nSPS) is 11.1. The Morgan fingerprint density at radius 1 is 1.07 bits per heavy atom. The molecule has 0 spiro atoms. The van der Waals surface area contributed by atoms with Crippen LogP contribution >= 0.6 is 0 Å². The molecule has 0 bridgehead atoms. The van der Waals surface area contributed by atoms with Crippen LogP contribution < -0.4 is 8.06 Å². The quantitative estimate of drug-likeness (QED) is 0.723. The molecule has 1 rings (SSSR count). The Bertz CT molecular complexity index is 293. The van der Waals surface area contributed by atoms with Gasteiger partial charge in [0.2, 0.25) is 0 Å². The summed E-state index contributed by atoms with van der Waals surface area (Å²) in [7, 11) is 1.67. The topological polar surface area (TPSA) is 18.5 Å². The maximum absolute atomic E-state index is 5.21. The summed E-state index contributed by atoms with van der Waals surface area (Å²) in [6.45, 7) is 6.50. The van der Waals surface area contributed by atoms with Gasteiger partial charge in [-0.1, -0.05) is 0 Å². The van der Waals surface area contributed by atoms with Crippen LogP contribution in [0.4, 0.5) is 0 Å². The fourth-order valence-electron chi connectivity index (χ4n) is 1.18. The second-order valence-electron chi connectivity index (χ2n) is 4.25. The predicted molar refractivity (Wildman–Crippen MR) is 52.3 cm³/mol. The molecule has 0 aromatic heterocycles. The molecular weight excluding hydrogens is 212 g/mol. The summed E-state index contributed by atoms with van der Waals surface area (Å²) in [5.74, 6) is 1.68. The monoisotopic (exact) mass is 227 g/mol. The van der Waals surface area contributed by atoms with E-state index in [-0.39, 0.29) is 5.41 Å². The molecule has 0 saturated heterocycles. The van der Waals surface area contributed by atoms with Gasteiger partial charge in [0.25, 0.3) is 0 Å². The van der Waals surface area contributed by atoms with Gasteiger partial charge in [-0.2, -0.15) is 0 Å². The van der Waals surface area contributed by atoms with Crippen LogP contribution in [0, 0.1) is 0 Å². The zero-order valence-corrected chi connectivity index (χ0v) is 10.6. The van der Waals surface area contributed by atoms with E-state index in [9.17, 15) is 0 Å². The summed E-state index contributed by atoms with van der Waals surface area (Å²) in [4.78, 5) is 0. The van der Waals surface area contributed by atoms with Gasteiger partial charge in [0.1, 0.15) is 0 Å². The SMILES string of the molecule is COc1cc([O][Ti])cc(C(C)(C)C)c1. The van der Waals surface area contributed by atoms with E-state index >= 15 is 0 Å². The van der Waals surface area contributed by atoms with Crippen molar-refractivity contribution in [1.29, 1.82) is 0 Å². The Hall–Kier alpha value is -0.466. The molecule has 3 heteroatoms. The summed E-state index contributed by atoms with van der Waals surface area (Å²) < 4.78 is 10.4. The summed E-state index contributed by atoms with van der Waals surface area (Å²) in [5, 5.41) is 0. The Labute approximate surface area is 97.5 Å². The summed E-state index contributed by atoms with van der Waals surface area (Å²) in [6, 6.07) is 5.97. The Morgan fingerprint density at radius 2 is 1.64 bits per heavy atom. The van der Waals surface area contributed by atoms with Crippen molar-refractivity contribution >= 4 is 0 Å². The predicted octanol–water partition coefficient (Wildman–Crippen LogP) is 2.83. The fourth-order valence-corrected chi connectivity index (χ4v) is 1.37. The van der Waals surface area contributed by atoms with Crippen LogP contribution in [-0.2, 0) is 26.2 Å². The zero-order chi connectivity index (χ0) is 10.8. The third-order valence-electron chi connectivity index (χ3n) is 2.10. The van der Waals surface area contributed by atoms with Gasteiger partial charge in [-0.25, -0.2) is 0 Å². The fraction of sp³-hybridized carbons (Fsp3) is 0.455. The first-order chi connectivity index (χ1) is 6.47. The van der Waals surface area contributed by atoms with Gasteiger partial charge in [-0.3, -0.25) is 0 Å². The number of ether oxygens (including phenoxy) is 1. The van der Waals surface area contributed by atoms with E-state index in [1.54, 1.807) is 27.9 Å². The van der Waals surface area contributed by atoms with E-state index in [2.05, 4.69) is 20.8 Å². The molecule has 2 nitrogen and oxygen atoms in total. The average molecular weight is 227 g/mol. The van der Waals surface area contributed by atoms with Crippen molar-refractivity contribution < 1.29 is 28.9 Å². The first kappa shape index (κ1) is 11.6. The minimum absolute atomic E-state index is 0.113. The number of rotatable bonds is 2. The first-order valence-electron chi connectivity index (χ1n) is 4.50. The maximum atomic E-state index is 5.21. The molecule has 0 N–H and O–H groups in total. The molecule has 0 amide bonds. The Morgan fingerprint density at radius 3 is 2.07 bits per heavy atom. The number of hydrogen-bond acceptors (Lipinski definition) is 2. The van der Waals surface area contributed by atoms with Crippen molar-refractivity contribution in [2.75, 3.05) is 7.11 Å². The van der Waals surface area contributed by atoms with Gasteiger partial charge >= 0.3 is 97.4 Å². The van der Waals surface area contributed by atoms with Crippen LogP contribution in [0.1, 0.15) is 26.3 Å². The van der Waals surface area contributed by atoms with E-state index in [1.165, 1.54) is 5.56 Å². The van der Waals surface area contributed by atoms with Gasteiger partial charge < -0.3 is 0 Å². The standard InChI is InChI=1S/C11H16O2.Ti/c1-11(2,3)8-5-9(12)7-10(6-8)13-4;/h5-7,12H,1-4H3;/q;+1/p-1. The summed E-state index contributed by atoms with van der Waals surface area (Å²) in [6.07, 6.45) is 0. The van der Waals surface area contributed by atoms with E-state index in [4.69, 9.17) is 8.06 Å². The number of methoxy groups -OCH3 is 1. The van der Waals surface area contributed by atoms with Gasteiger partial charge in [-0.05, 0) is 0 Å². The van der Waals surface area contributed by atoms with Crippen molar-refractivity contribution in [3.8, 4) is 11.5 Å². The molecular formula is C11H15O2Ti. The van der Waals surface area contributed by atoms with Crippen molar-refractivity contribution in [2.24, 2.45) is 0 Å². The van der Waals surface area contributed by atoms with Crippen molar-refractivity contribution in [2.45, 2.75) is 26.2 Å². The van der Waals surface area contributed by atoms with Gasteiger partial charge in [0.15, 0.2) is 0 Å². The Balaban J connectivity index is 3.17. The van der Waals surface area contributed by atoms with Gasteiger partial charge in [0, 0.05) is 0 Å². The summed E-state index contributed by atoms with van der Waals surface area (Å²) in [5.41, 5.74) is 1.33. The third-order valence-corrected chi connectivity index (χ3v) is 2.47. The zero-order valence-electron chi connectivity index (χ0n) is 9.05. The molecule has 0 saturated carbocycles. The molecule has 1 aromatic rings. The average Bonchev–Trinajstić information content (AvgIpc) is 2.15. The number of benzene rings is 1. The van der Waals surface area contributed by atoms with E-state index in [0.717, 1.165) is 11.5 Å². The molecule has 0 aliphatic carbocycles. The van der Waals surface area contributed by atoms with Crippen LogP contribution in [0.15, 0.2) is 18.2 Å². The minimum atomic E-state index is 0.113. The van der Waals surface area contributed by atoms with Crippen LogP contribution in [-0.4, -0.2) is 7.11 Å². The molecule has 0 aliphatic heterocycles. The van der Waals surface area contributed by atoms with Crippen LogP contribution in [0.3, 0.4) is 0 Å². The molecule has 0 atom stereocenters. The molecule has 0 radical (unpaired) electrons. The third kappa shape index (κ3) is 2.76. The van der Waals surface area contributed by atoms with Crippen molar-refractivity contribution in [3.05, 3.63) is 23.8 Å². The van der Waals surface area contributed by atoms with Gasteiger partial charge in [-0.15, -0.1) is 0 Å².